The number of benzene rings is 1. The van der Waals surface area contributed by atoms with Gasteiger partial charge in [-0.2, -0.15) is 0 Å². The van der Waals surface area contributed by atoms with Gasteiger partial charge in [-0.15, -0.1) is 11.3 Å². The van der Waals surface area contributed by atoms with Crippen molar-refractivity contribution in [2.45, 2.75) is 30.9 Å². The zero-order valence-electron chi connectivity index (χ0n) is 12.8. The molecule has 5 heteroatoms. The minimum atomic E-state index is -0.222. The van der Waals surface area contributed by atoms with Gasteiger partial charge in [0.05, 0.1) is 24.1 Å². The summed E-state index contributed by atoms with van der Waals surface area (Å²) in [5.74, 6) is 0.876. The Kier molecular flexibility index (Phi) is 3.83. The quantitative estimate of drug-likeness (QED) is 0.916. The van der Waals surface area contributed by atoms with Crippen LogP contribution in [0.3, 0.4) is 0 Å². The van der Waals surface area contributed by atoms with Gasteiger partial charge in [-0.25, -0.2) is 0 Å². The van der Waals surface area contributed by atoms with Crippen LogP contribution in [-0.4, -0.2) is 24.7 Å². The molecular formula is C18H19NO3S. The van der Waals surface area contributed by atoms with E-state index in [2.05, 4.69) is 5.32 Å². The van der Waals surface area contributed by atoms with Gasteiger partial charge in [0.1, 0.15) is 11.4 Å². The zero-order chi connectivity index (χ0) is 15.7. The Morgan fingerprint density at radius 3 is 2.78 bits per heavy atom. The van der Waals surface area contributed by atoms with E-state index in [0.29, 0.717) is 13.2 Å². The van der Waals surface area contributed by atoms with Crippen molar-refractivity contribution in [2.75, 3.05) is 13.2 Å². The van der Waals surface area contributed by atoms with Gasteiger partial charge in [-0.1, -0.05) is 24.3 Å². The molecule has 1 fully saturated rings. The number of amides is 1. The summed E-state index contributed by atoms with van der Waals surface area (Å²) >= 11 is 1.46. The van der Waals surface area contributed by atoms with Gasteiger partial charge < -0.3 is 14.8 Å². The molecular weight excluding hydrogens is 310 g/mol. The summed E-state index contributed by atoms with van der Waals surface area (Å²) in [5.41, 5.74) is 0.842. The maximum absolute atomic E-state index is 12.5. The minimum Gasteiger partial charge on any atom is -0.487 e. The highest BCUT2D eigenvalue weighted by Gasteiger charge is 2.42. The monoisotopic (exact) mass is 329 g/mol. The number of carbonyl (C=O) groups is 1. The maximum Gasteiger partial charge on any atom is 0.261 e. The van der Waals surface area contributed by atoms with E-state index in [1.54, 1.807) is 0 Å². The van der Waals surface area contributed by atoms with Gasteiger partial charge in [-0.3, -0.25) is 4.79 Å². The molecule has 1 amide bonds. The first-order valence-electron chi connectivity index (χ1n) is 7.96. The Bertz CT molecular complexity index is 692. The second kappa shape index (κ2) is 5.98. The first-order chi connectivity index (χ1) is 11.3. The average Bonchev–Trinajstić information content (AvgIpc) is 3.10. The van der Waals surface area contributed by atoms with Crippen LogP contribution in [0.1, 0.15) is 40.5 Å². The van der Waals surface area contributed by atoms with Crippen LogP contribution in [0.5, 0.6) is 5.75 Å². The summed E-state index contributed by atoms with van der Waals surface area (Å²) in [6.07, 6.45) is 2.53. The number of nitrogens with one attached hydrogen (secondary N) is 1. The number of rotatable bonds is 2. The lowest BCUT2D eigenvalue weighted by Gasteiger charge is -2.44. The summed E-state index contributed by atoms with van der Waals surface area (Å²) in [7, 11) is 0. The third-order valence-electron chi connectivity index (χ3n) is 4.65. The number of hydrogen-bond acceptors (Lipinski definition) is 4. The first-order valence-corrected chi connectivity index (χ1v) is 8.84. The molecule has 4 rings (SSSR count). The molecule has 0 radical (unpaired) electrons. The van der Waals surface area contributed by atoms with Crippen molar-refractivity contribution in [3.05, 3.63) is 52.2 Å². The van der Waals surface area contributed by atoms with E-state index in [4.69, 9.17) is 9.47 Å². The first kappa shape index (κ1) is 14.7. The molecule has 0 bridgehead atoms. The van der Waals surface area contributed by atoms with Crippen LogP contribution in [0.25, 0.3) is 0 Å². The van der Waals surface area contributed by atoms with E-state index < -0.39 is 0 Å². The molecule has 2 aliphatic heterocycles. The van der Waals surface area contributed by atoms with Crippen LogP contribution >= 0.6 is 11.3 Å². The Morgan fingerprint density at radius 2 is 2.00 bits per heavy atom. The summed E-state index contributed by atoms with van der Waals surface area (Å²) in [4.78, 5) is 13.2. The van der Waals surface area contributed by atoms with E-state index in [1.165, 1.54) is 11.3 Å². The fourth-order valence-electron chi connectivity index (χ4n) is 3.43. The lowest BCUT2D eigenvalue weighted by molar-refractivity contribution is -0.0639. The van der Waals surface area contributed by atoms with Crippen molar-refractivity contribution in [3.63, 3.8) is 0 Å². The average molecular weight is 329 g/mol. The van der Waals surface area contributed by atoms with Crippen LogP contribution in [0.15, 0.2) is 41.8 Å². The molecule has 1 aromatic heterocycles. The molecule has 0 aliphatic carbocycles. The fourth-order valence-corrected chi connectivity index (χ4v) is 4.06. The van der Waals surface area contributed by atoms with Crippen LogP contribution in [0, 0.1) is 0 Å². The summed E-state index contributed by atoms with van der Waals surface area (Å²) in [6.45, 7) is 1.43. The molecule has 0 saturated carbocycles. The topological polar surface area (TPSA) is 47.6 Å². The van der Waals surface area contributed by atoms with Gasteiger partial charge in [0.15, 0.2) is 0 Å². The van der Waals surface area contributed by atoms with Crippen molar-refractivity contribution < 1.29 is 14.3 Å². The summed E-state index contributed by atoms with van der Waals surface area (Å²) < 4.78 is 11.8. The van der Waals surface area contributed by atoms with E-state index in [9.17, 15) is 4.79 Å². The van der Waals surface area contributed by atoms with Crippen LogP contribution < -0.4 is 10.1 Å². The van der Waals surface area contributed by atoms with E-state index in [1.807, 2.05) is 41.8 Å². The highest BCUT2D eigenvalue weighted by molar-refractivity contribution is 7.12. The van der Waals surface area contributed by atoms with Crippen LogP contribution in [0.2, 0.25) is 0 Å². The molecule has 120 valence electrons. The van der Waals surface area contributed by atoms with E-state index in [0.717, 1.165) is 35.5 Å². The van der Waals surface area contributed by atoms with Crippen molar-refractivity contribution in [2.24, 2.45) is 0 Å². The third-order valence-corrected chi connectivity index (χ3v) is 5.52. The van der Waals surface area contributed by atoms with Crippen molar-refractivity contribution in [1.82, 2.24) is 5.32 Å². The zero-order valence-corrected chi connectivity index (χ0v) is 13.6. The van der Waals surface area contributed by atoms with Crippen molar-refractivity contribution in [3.8, 4) is 5.75 Å². The number of ether oxygens (including phenoxy) is 2. The molecule has 4 nitrogen and oxygen atoms in total. The smallest absolute Gasteiger partial charge is 0.261 e. The number of hydrogen-bond donors (Lipinski definition) is 1. The predicted molar refractivity (Wildman–Crippen MR) is 89.0 cm³/mol. The van der Waals surface area contributed by atoms with Gasteiger partial charge >= 0.3 is 0 Å². The third kappa shape index (κ3) is 2.86. The Balaban J connectivity index is 1.63. The SMILES string of the molecule is O=C(NC1CC2(CCOCC2)Oc2ccccc21)c1cccs1. The van der Waals surface area contributed by atoms with E-state index in [-0.39, 0.29) is 17.6 Å². The van der Waals surface area contributed by atoms with Gasteiger partial charge in [0.2, 0.25) is 0 Å². The molecule has 1 spiro atoms. The standard InChI is InChI=1S/C18H19NO3S/c20-17(16-6-3-11-23-16)19-14-12-18(7-9-21-10-8-18)22-15-5-2-1-4-13(14)15/h1-6,11,14H,7-10,12H2,(H,19,20). The van der Waals surface area contributed by atoms with Crippen LogP contribution in [0.4, 0.5) is 0 Å². The Morgan fingerprint density at radius 1 is 1.17 bits per heavy atom. The second-order valence-corrected chi connectivity index (χ2v) is 7.09. The summed E-state index contributed by atoms with van der Waals surface area (Å²) in [5, 5.41) is 5.12. The Hall–Kier alpha value is -1.85. The number of carbonyl (C=O) groups excluding carboxylic acids is 1. The van der Waals surface area contributed by atoms with Crippen molar-refractivity contribution in [1.29, 1.82) is 0 Å². The maximum atomic E-state index is 12.5. The molecule has 1 atom stereocenters. The highest BCUT2D eigenvalue weighted by Crippen LogP contribution is 2.43. The largest absolute Gasteiger partial charge is 0.487 e. The number of fused-ring (bicyclic) bond motifs is 1. The highest BCUT2D eigenvalue weighted by atomic mass is 32.1. The molecule has 2 aromatic rings. The number of thiophene rings is 1. The molecule has 1 N–H and O–H groups in total. The predicted octanol–water partition coefficient (Wildman–Crippen LogP) is 3.55. The molecule has 1 aromatic carbocycles. The molecule has 23 heavy (non-hydrogen) atoms. The van der Waals surface area contributed by atoms with E-state index >= 15 is 0 Å². The van der Waals surface area contributed by atoms with Crippen LogP contribution in [-0.2, 0) is 4.74 Å². The minimum absolute atomic E-state index is 0.0103. The molecule has 1 unspecified atom stereocenters. The lowest BCUT2D eigenvalue weighted by Crippen LogP contribution is -2.48. The Labute approximate surface area is 139 Å². The molecule has 2 aliphatic rings. The van der Waals surface area contributed by atoms with Crippen molar-refractivity contribution >= 4 is 17.2 Å². The normalized spacial score (nSPS) is 22.2. The fraction of sp³-hybridized carbons (Fsp3) is 0.389. The van der Waals surface area contributed by atoms with Gasteiger partial charge in [0, 0.05) is 24.8 Å². The second-order valence-electron chi connectivity index (χ2n) is 6.14. The van der Waals surface area contributed by atoms with Gasteiger partial charge in [-0.05, 0) is 17.5 Å². The molecule has 1 saturated heterocycles. The number of para-hydroxylation sites is 1. The van der Waals surface area contributed by atoms with Gasteiger partial charge in [0.25, 0.3) is 5.91 Å². The molecule has 3 heterocycles. The summed E-state index contributed by atoms with van der Waals surface area (Å²) in [6, 6.07) is 11.8. The lowest BCUT2D eigenvalue weighted by atomic mass is 9.82.